The predicted octanol–water partition coefficient (Wildman–Crippen LogP) is 3.20. The van der Waals surface area contributed by atoms with E-state index in [0.29, 0.717) is 29.5 Å². The average molecular weight is 343 g/mol. The zero-order chi connectivity index (χ0) is 18.0. The number of hydrogen-bond acceptors (Lipinski definition) is 5. The Kier molecular flexibility index (Phi) is 4.70. The van der Waals surface area contributed by atoms with Gasteiger partial charge in [0.1, 0.15) is 29.5 Å². The molecule has 0 saturated heterocycles. The van der Waals surface area contributed by atoms with Gasteiger partial charge in [-0.3, -0.25) is 9.69 Å². The van der Waals surface area contributed by atoms with Gasteiger partial charge in [0.05, 0.1) is 27.4 Å². The minimum absolute atomic E-state index is 0.0890. The van der Waals surface area contributed by atoms with Crippen LogP contribution in [0.5, 0.6) is 23.0 Å². The first kappa shape index (κ1) is 17.0. The minimum Gasteiger partial charge on any atom is -0.497 e. The molecule has 3 rings (SSSR count). The van der Waals surface area contributed by atoms with E-state index in [1.165, 1.54) is 6.92 Å². The molecule has 0 aromatic heterocycles. The second kappa shape index (κ2) is 6.93. The lowest BCUT2D eigenvalue weighted by Crippen LogP contribution is -2.40. The van der Waals surface area contributed by atoms with E-state index in [-0.39, 0.29) is 11.9 Å². The van der Waals surface area contributed by atoms with Gasteiger partial charge in [-0.25, -0.2) is 0 Å². The number of rotatable bonds is 4. The van der Waals surface area contributed by atoms with Crippen LogP contribution in [0.4, 0.5) is 5.69 Å². The third-order valence-electron chi connectivity index (χ3n) is 4.26. The maximum absolute atomic E-state index is 12.4. The van der Waals surface area contributed by atoms with Crippen molar-refractivity contribution >= 4 is 11.6 Å². The number of carbonyl (C=O) groups excluding carboxylic acids is 1. The molecule has 1 amide bonds. The maximum atomic E-state index is 12.4. The van der Waals surface area contributed by atoms with Gasteiger partial charge in [-0.05, 0) is 17.7 Å². The summed E-state index contributed by atoms with van der Waals surface area (Å²) in [6, 6.07) is 10.9. The fourth-order valence-corrected chi connectivity index (χ4v) is 3.03. The van der Waals surface area contributed by atoms with E-state index in [9.17, 15) is 4.79 Å². The first-order chi connectivity index (χ1) is 12.1. The standard InChI is InChI=1S/C19H21NO5/c1-12(21)20-16(13-5-7-14(22-2)8-6-13)11-25-18-10-15(23-3)9-17(24-4)19(18)20/h5-10,16H,11H2,1-4H3. The van der Waals surface area contributed by atoms with Crippen molar-refractivity contribution in [2.75, 3.05) is 32.8 Å². The topological polar surface area (TPSA) is 57.2 Å². The Morgan fingerprint density at radius 3 is 2.28 bits per heavy atom. The number of benzene rings is 2. The number of amides is 1. The Hall–Kier alpha value is -2.89. The van der Waals surface area contributed by atoms with E-state index >= 15 is 0 Å². The van der Waals surface area contributed by atoms with E-state index in [4.69, 9.17) is 18.9 Å². The van der Waals surface area contributed by atoms with Crippen LogP contribution in [-0.4, -0.2) is 33.8 Å². The highest BCUT2D eigenvalue weighted by Gasteiger charge is 2.35. The molecule has 25 heavy (non-hydrogen) atoms. The predicted molar refractivity (Wildman–Crippen MR) is 93.9 cm³/mol. The van der Waals surface area contributed by atoms with Crippen LogP contribution < -0.4 is 23.8 Å². The average Bonchev–Trinajstić information content (AvgIpc) is 2.65. The summed E-state index contributed by atoms with van der Waals surface area (Å²) >= 11 is 0. The Labute approximate surface area is 146 Å². The van der Waals surface area contributed by atoms with Crippen LogP contribution in [0.1, 0.15) is 18.5 Å². The van der Waals surface area contributed by atoms with Crippen molar-refractivity contribution in [2.24, 2.45) is 0 Å². The highest BCUT2D eigenvalue weighted by molar-refractivity contribution is 5.96. The van der Waals surface area contributed by atoms with Crippen LogP contribution in [0.25, 0.3) is 0 Å². The van der Waals surface area contributed by atoms with E-state index in [1.54, 1.807) is 38.4 Å². The van der Waals surface area contributed by atoms with Crippen molar-refractivity contribution in [3.8, 4) is 23.0 Å². The van der Waals surface area contributed by atoms with Crippen LogP contribution in [0.2, 0.25) is 0 Å². The maximum Gasteiger partial charge on any atom is 0.224 e. The van der Waals surface area contributed by atoms with Gasteiger partial charge >= 0.3 is 0 Å². The number of nitrogens with zero attached hydrogens (tertiary/aromatic N) is 1. The van der Waals surface area contributed by atoms with Crippen molar-refractivity contribution in [2.45, 2.75) is 13.0 Å². The lowest BCUT2D eigenvalue weighted by Gasteiger charge is -2.37. The molecule has 0 spiro atoms. The van der Waals surface area contributed by atoms with Gasteiger partial charge in [-0.1, -0.05) is 12.1 Å². The second-order valence-corrected chi connectivity index (χ2v) is 5.67. The molecule has 6 nitrogen and oxygen atoms in total. The molecule has 1 unspecified atom stereocenters. The van der Waals surface area contributed by atoms with Crippen LogP contribution in [0.15, 0.2) is 36.4 Å². The Morgan fingerprint density at radius 1 is 1.04 bits per heavy atom. The largest absolute Gasteiger partial charge is 0.497 e. The van der Waals surface area contributed by atoms with Gasteiger partial charge in [0, 0.05) is 19.1 Å². The van der Waals surface area contributed by atoms with Crippen LogP contribution in [0, 0.1) is 0 Å². The monoisotopic (exact) mass is 343 g/mol. The summed E-state index contributed by atoms with van der Waals surface area (Å²) in [6.45, 7) is 1.88. The normalized spacial score (nSPS) is 15.8. The third kappa shape index (κ3) is 3.07. The van der Waals surface area contributed by atoms with E-state index in [2.05, 4.69) is 0 Å². The third-order valence-corrected chi connectivity index (χ3v) is 4.26. The van der Waals surface area contributed by atoms with E-state index < -0.39 is 0 Å². The summed E-state index contributed by atoms with van der Waals surface area (Å²) in [5.74, 6) is 2.38. The number of ether oxygens (including phenoxy) is 4. The molecule has 0 aliphatic carbocycles. The SMILES string of the molecule is COc1ccc(C2COc3cc(OC)cc(OC)c3N2C(C)=O)cc1. The van der Waals surface area contributed by atoms with Crippen molar-refractivity contribution in [1.29, 1.82) is 0 Å². The summed E-state index contributed by atoms with van der Waals surface area (Å²) in [7, 11) is 4.76. The zero-order valence-electron chi connectivity index (χ0n) is 14.7. The summed E-state index contributed by atoms with van der Waals surface area (Å²) in [6.07, 6.45) is 0. The fourth-order valence-electron chi connectivity index (χ4n) is 3.03. The molecule has 0 N–H and O–H groups in total. The van der Waals surface area contributed by atoms with Gasteiger partial charge < -0.3 is 18.9 Å². The van der Waals surface area contributed by atoms with Crippen molar-refractivity contribution in [3.63, 3.8) is 0 Å². The minimum atomic E-state index is -0.252. The van der Waals surface area contributed by atoms with Crippen molar-refractivity contribution < 1.29 is 23.7 Å². The first-order valence-corrected chi connectivity index (χ1v) is 7.91. The van der Waals surface area contributed by atoms with E-state index in [0.717, 1.165) is 11.3 Å². The van der Waals surface area contributed by atoms with Crippen molar-refractivity contribution in [3.05, 3.63) is 42.0 Å². The molecule has 1 aliphatic rings. The Bertz CT molecular complexity index is 755. The molecule has 0 fully saturated rings. The number of methoxy groups -OCH3 is 3. The molecule has 132 valence electrons. The molecule has 1 atom stereocenters. The molecule has 1 heterocycles. The summed E-state index contributed by atoms with van der Waals surface area (Å²) in [5.41, 5.74) is 1.57. The number of fused-ring (bicyclic) bond motifs is 1. The van der Waals surface area contributed by atoms with Gasteiger partial charge in [-0.15, -0.1) is 0 Å². The van der Waals surface area contributed by atoms with Crippen LogP contribution >= 0.6 is 0 Å². The smallest absolute Gasteiger partial charge is 0.224 e. The Morgan fingerprint density at radius 2 is 1.72 bits per heavy atom. The summed E-state index contributed by atoms with van der Waals surface area (Å²) in [4.78, 5) is 14.2. The first-order valence-electron chi connectivity index (χ1n) is 7.91. The molecule has 2 aromatic rings. The molecule has 1 aliphatic heterocycles. The quantitative estimate of drug-likeness (QED) is 0.853. The number of anilines is 1. The molecule has 0 radical (unpaired) electrons. The highest BCUT2D eigenvalue weighted by Crippen LogP contribution is 2.47. The molecular weight excluding hydrogens is 322 g/mol. The lowest BCUT2D eigenvalue weighted by atomic mass is 10.0. The zero-order valence-corrected chi connectivity index (χ0v) is 14.7. The second-order valence-electron chi connectivity index (χ2n) is 5.67. The van der Waals surface area contributed by atoms with Gasteiger partial charge in [0.25, 0.3) is 0 Å². The lowest BCUT2D eigenvalue weighted by molar-refractivity contribution is -0.117. The van der Waals surface area contributed by atoms with E-state index in [1.807, 2.05) is 24.3 Å². The molecule has 0 saturated carbocycles. The molecule has 2 aromatic carbocycles. The van der Waals surface area contributed by atoms with Gasteiger partial charge in [0.2, 0.25) is 5.91 Å². The molecular formula is C19H21NO5. The fraction of sp³-hybridized carbons (Fsp3) is 0.316. The molecule has 0 bridgehead atoms. The van der Waals surface area contributed by atoms with Gasteiger partial charge in [-0.2, -0.15) is 0 Å². The van der Waals surface area contributed by atoms with Crippen molar-refractivity contribution in [1.82, 2.24) is 0 Å². The van der Waals surface area contributed by atoms with Crippen LogP contribution in [-0.2, 0) is 4.79 Å². The highest BCUT2D eigenvalue weighted by atomic mass is 16.5. The number of hydrogen-bond donors (Lipinski definition) is 0. The van der Waals surface area contributed by atoms with Crippen LogP contribution in [0.3, 0.4) is 0 Å². The molecule has 6 heteroatoms. The van der Waals surface area contributed by atoms with Gasteiger partial charge in [0.15, 0.2) is 5.75 Å². The Balaban J connectivity index is 2.08. The number of carbonyl (C=O) groups is 1. The summed E-state index contributed by atoms with van der Waals surface area (Å²) < 4.78 is 21.9. The summed E-state index contributed by atoms with van der Waals surface area (Å²) in [5, 5.41) is 0.